The van der Waals surface area contributed by atoms with Gasteiger partial charge in [-0.05, 0) is 0 Å². The summed E-state index contributed by atoms with van der Waals surface area (Å²) >= 11 is 0. The summed E-state index contributed by atoms with van der Waals surface area (Å²) in [4.78, 5) is 0. The van der Waals surface area contributed by atoms with Crippen molar-refractivity contribution in [2.75, 3.05) is 19.5 Å². The van der Waals surface area contributed by atoms with Crippen LogP contribution in [0, 0.1) is 7.05 Å². The van der Waals surface area contributed by atoms with E-state index in [1.54, 1.807) is 20.3 Å². The molecule has 65 valence electrons. The molecule has 0 aliphatic carbocycles. The third kappa shape index (κ3) is 1.81. The van der Waals surface area contributed by atoms with Gasteiger partial charge in [0.05, 0.1) is 14.2 Å². The van der Waals surface area contributed by atoms with Crippen LogP contribution in [-0.2, 0) is 0 Å². The average Bonchev–Trinajstić information content (AvgIpc) is 2.16. The van der Waals surface area contributed by atoms with Crippen molar-refractivity contribution in [3.63, 3.8) is 0 Å². The number of nitrogens with one attached hydrogen (secondary N) is 1. The summed E-state index contributed by atoms with van der Waals surface area (Å²) in [6.07, 6.45) is 0. The Bertz CT molecular complexity index is 205. The minimum absolute atomic E-state index is 0.750. The number of rotatable bonds is 3. The molecule has 0 saturated heterocycles. The van der Waals surface area contributed by atoms with Gasteiger partial charge in [0.2, 0.25) is 0 Å². The van der Waals surface area contributed by atoms with E-state index in [9.17, 15) is 0 Å². The molecule has 1 radical (unpaired) electrons. The Morgan fingerprint density at radius 2 is 1.58 bits per heavy atom. The molecule has 1 N–H and O–H groups in total. The highest BCUT2D eigenvalue weighted by atomic mass is 16.5. The van der Waals surface area contributed by atoms with Gasteiger partial charge >= 0.3 is 0 Å². The largest absolute Gasteiger partial charge is 0.497 e. The molecule has 0 spiro atoms. The van der Waals surface area contributed by atoms with E-state index < -0.39 is 0 Å². The summed E-state index contributed by atoms with van der Waals surface area (Å²) in [5.74, 6) is 1.50. The molecule has 0 heterocycles. The molecule has 0 atom stereocenters. The Kier molecular flexibility index (Phi) is 2.80. The van der Waals surface area contributed by atoms with Gasteiger partial charge in [0.1, 0.15) is 11.5 Å². The molecule has 3 nitrogen and oxygen atoms in total. The Morgan fingerprint density at radius 1 is 1.08 bits per heavy atom. The molecule has 0 saturated carbocycles. The molecule has 0 aliphatic rings. The first-order chi connectivity index (χ1) is 5.80. The predicted octanol–water partition coefficient (Wildman–Crippen LogP) is 1.91. The number of anilines is 1. The predicted molar refractivity (Wildman–Crippen MR) is 48.5 cm³/mol. The van der Waals surface area contributed by atoms with Crippen molar-refractivity contribution in [1.29, 1.82) is 0 Å². The summed E-state index contributed by atoms with van der Waals surface area (Å²) in [6, 6.07) is 5.49. The van der Waals surface area contributed by atoms with Gasteiger partial charge in [-0.25, -0.2) is 0 Å². The van der Waals surface area contributed by atoms with Crippen molar-refractivity contribution in [2.45, 2.75) is 0 Å². The molecule has 12 heavy (non-hydrogen) atoms. The number of methoxy groups -OCH3 is 2. The molecule has 0 bridgehead atoms. The van der Waals surface area contributed by atoms with Gasteiger partial charge in [-0.2, -0.15) is 0 Å². The molecule has 1 aromatic rings. The molecule has 1 rings (SSSR count). The van der Waals surface area contributed by atoms with Crippen LogP contribution in [0.1, 0.15) is 0 Å². The van der Waals surface area contributed by atoms with Gasteiger partial charge in [0.15, 0.2) is 0 Å². The molecule has 1 aromatic carbocycles. The number of hydrogen-bond donors (Lipinski definition) is 1. The fraction of sp³-hybridized carbons (Fsp3) is 0.222. The normalized spacial score (nSPS) is 9.25. The zero-order valence-corrected chi connectivity index (χ0v) is 7.26. The summed E-state index contributed by atoms with van der Waals surface area (Å²) in [7, 11) is 6.77. The molecular formula is C9H12NO2. The fourth-order valence-corrected chi connectivity index (χ4v) is 0.909. The highest BCUT2D eigenvalue weighted by molar-refractivity contribution is 5.53. The van der Waals surface area contributed by atoms with Crippen LogP contribution in [0.2, 0.25) is 0 Å². The maximum Gasteiger partial charge on any atom is 0.124 e. The quantitative estimate of drug-likeness (QED) is 0.744. The monoisotopic (exact) mass is 166 g/mol. The molecule has 0 aromatic heterocycles. The molecule has 0 fully saturated rings. The van der Waals surface area contributed by atoms with Crippen molar-refractivity contribution < 1.29 is 9.47 Å². The van der Waals surface area contributed by atoms with E-state index in [4.69, 9.17) is 9.47 Å². The van der Waals surface area contributed by atoms with E-state index in [-0.39, 0.29) is 0 Å². The highest BCUT2D eigenvalue weighted by Gasteiger charge is 1.98. The van der Waals surface area contributed by atoms with Crippen molar-refractivity contribution in [2.24, 2.45) is 0 Å². The zero-order chi connectivity index (χ0) is 8.97. The minimum atomic E-state index is 0.750. The van der Waals surface area contributed by atoms with E-state index >= 15 is 0 Å². The summed E-state index contributed by atoms with van der Waals surface area (Å²) < 4.78 is 10.1. The second-order valence-electron chi connectivity index (χ2n) is 2.28. The summed E-state index contributed by atoms with van der Waals surface area (Å²) in [5, 5.41) is 2.77. The lowest BCUT2D eigenvalue weighted by Gasteiger charge is -2.07. The Hall–Kier alpha value is -1.38. The van der Waals surface area contributed by atoms with Crippen molar-refractivity contribution >= 4 is 5.69 Å². The van der Waals surface area contributed by atoms with Crippen molar-refractivity contribution in [3.8, 4) is 11.5 Å². The molecule has 0 amide bonds. The van der Waals surface area contributed by atoms with E-state index in [2.05, 4.69) is 12.4 Å². The van der Waals surface area contributed by atoms with E-state index in [1.165, 1.54) is 0 Å². The molecule has 0 unspecified atom stereocenters. The van der Waals surface area contributed by atoms with Crippen LogP contribution in [0.4, 0.5) is 5.69 Å². The first kappa shape index (κ1) is 8.71. The summed E-state index contributed by atoms with van der Waals surface area (Å²) in [6.45, 7) is 0. The number of benzene rings is 1. The van der Waals surface area contributed by atoms with Crippen molar-refractivity contribution in [3.05, 3.63) is 25.2 Å². The van der Waals surface area contributed by atoms with Crippen LogP contribution in [0.15, 0.2) is 18.2 Å². The van der Waals surface area contributed by atoms with Crippen LogP contribution >= 0.6 is 0 Å². The lowest BCUT2D eigenvalue weighted by molar-refractivity contribution is 0.395. The average molecular weight is 166 g/mol. The lowest BCUT2D eigenvalue weighted by atomic mass is 10.3. The van der Waals surface area contributed by atoms with Crippen LogP contribution in [0.25, 0.3) is 0 Å². The second-order valence-corrected chi connectivity index (χ2v) is 2.28. The van der Waals surface area contributed by atoms with Gasteiger partial charge in [-0.15, -0.1) is 0 Å². The number of hydrogen-bond acceptors (Lipinski definition) is 3. The third-order valence-corrected chi connectivity index (χ3v) is 1.56. The number of ether oxygens (including phenoxy) is 2. The Labute approximate surface area is 72.3 Å². The van der Waals surface area contributed by atoms with E-state index in [0.29, 0.717) is 0 Å². The first-order valence-electron chi connectivity index (χ1n) is 3.56. The molecule has 0 aliphatic heterocycles. The maximum atomic E-state index is 5.05. The van der Waals surface area contributed by atoms with E-state index in [1.807, 2.05) is 12.1 Å². The molecule has 3 heteroatoms. The minimum Gasteiger partial charge on any atom is -0.497 e. The topological polar surface area (TPSA) is 30.5 Å². The second kappa shape index (κ2) is 3.85. The van der Waals surface area contributed by atoms with Crippen LogP contribution in [-0.4, -0.2) is 14.2 Å². The zero-order valence-electron chi connectivity index (χ0n) is 7.26. The van der Waals surface area contributed by atoms with E-state index in [0.717, 1.165) is 17.2 Å². The van der Waals surface area contributed by atoms with Crippen LogP contribution in [0.3, 0.4) is 0 Å². The van der Waals surface area contributed by atoms with Gasteiger partial charge in [0.25, 0.3) is 0 Å². The third-order valence-electron chi connectivity index (χ3n) is 1.56. The van der Waals surface area contributed by atoms with Crippen LogP contribution < -0.4 is 14.8 Å². The van der Waals surface area contributed by atoms with Crippen molar-refractivity contribution in [1.82, 2.24) is 0 Å². The first-order valence-corrected chi connectivity index (χ1v) is 3.56. The van der Waals surface area contributed by atoms with Gasteiger partial charge < -0.3 is 14.8 Å². The summed E-state index contributed by atoms with van der Waals surface area (Å²) in [5.41, 5.74) is 0.867. The Morgan fingerprint density at radius 3 is 1.92 bits per heavy atom. The smallest absolute Gasteiger partial charge is 0.124 e. The highest BCUT2D eigenvalue weighted by Crippen LogP contribution is 2.25. The van der Waals surface area contributed by atoms with Crippen LogP contribution in [0.5, 0.6) is 11.5 Å². The van der Waals surface area contributed by atoms with Gasteiger partial charge in [-0.3, -0.25) is 0 Å². The Balaban J connectivity index is 3.01. The molecular weight excluding hydrogens is 154 g/mol. The van der Waals surface area contributed by atoms with Gasteiger partial charge in [0, 0.05) is 30.9 Å². The SMILES string of the molecule is [CH2]Nc1cc(OC)cc(OC)c1. The lowest BCUT2D eigenvalue weighted by Crippen LogP contribution is -1.90. The van der Waals surface area contributed by atoms with Gasteiger partial charge in [-0.1, -0.05) is 0 Å². The maximum absolute atomic E-state index is 5.05. The standard InChI is InChI=1S/C9H12NO2/c1-10-7-4-8(11-2)6-9(5-7)12-3/h4-6,10H,1H2,2-3H3. The fourth-order valence-electron chi connectivity index (χ4n) is 0.909.